The molecule has 0 amide bonds. The minimum atomic E-state index is -0.385. The van der Waals surface area contributed by atoms with Crippen LogP contribution in [0, 0.1) is 5.82 Å². The third-order valence-electron chi connectivity index (χ3n) is 2.77. The summed E-state index contributed by atoms with van der Waals surface area (Å²) in [6.45, 7) is 3.99. The van der Waals surface area contributed by atoms with Crippen LogP contribution in [-0.2, 0) is 0 Å². The molecule has 0 spiro atoms. The maximum absolute atomic E-state index is 13.1. The van der Waals surface area contributed by atoms with Crippen LogP contribution in [0.2, 0.25) is 5.02 Å². The van der Waals surface area contributed by atoms with Crippen LogP contribution in [0.3, 0.4) is 0 Å². The molecule has 4 heteroatoms. The molecule has 0 aliphatic rings. The van der Waals surface area contributed by atoms with E-state index in [9.17, 15) is 4.39 Å². The van der Waals surface area contributed by atoms with Crippen LogP contribution in [0.15, 0.2) is 18.2 Å². The molecule has 1 rings (SSSR count). The molecule has 0 aliphatic carbocycles. The number of hydrogen-bond donors (Lipinski definition) is 2. The number of hydrogen-bond acceptors (Lipinski definition) is 2. The molecule has 0 saturated heterocycles. The van der Waals surface area contributed by atoms with Gasteiger partial charge < -0.3 is 11.1 Å². The average Bonchev–Trinajstić information content (AvgIpc) is 2.22. The van der Waals surface area contributed by atoms with Crippen molar-refractivity contribution in [3.05, 3.63) is 34.6 Å². The Hall–Kier alpha value is -0.640. The lowest BCUT2D eigenvalue weighted by Gasteiger charge is -2.23. The van der Waals surface area contributed by atoms with E-state index in [1.54, 1.807) is 12.1 Å². The van der Waals surface area contributed by atoms with E-state index in [2.05, 4.69) is 5.32 Å². The van der Waals surface area contributed by atoms with Crippen molar-refractivity contribution in [3.8, 4) is 0 Å². The molecule has 2 nitrogen and oxygen atoms in total. The quantitative estimate of drug-likeness (QED) is 0.851. The standard InChI is InChI=1S/C13H20ClFN2/c1-13(2,16)7-6-12(17-3)9-4-5-11(15)10(14)8-9/h4-5,8,12,17H,6-7,16H2,1-3H3. The molecular weight excluding hydrogens is 239 g/mol. The van der Waals surface area contributed by atoms with Crippen molar-refractivity contribution in [3.63, 3.8) is 0 Å². The van der Waals surface area contributed by atoms with Gasteiger partial charge in [-0.2, -0.15) is 0 Å². The Morgan fingerprint density at radius 3 is 2.59 bits per heavy atom. The van der Waals surface area contributed by atoms with E-state index in [4.69, 9.17) is 17.3 Å². The lowest BCUT2D eigenvalue weighted by atomic mass is 9.93. The van der Waals surface area contributed by atoms with E-state index in [0.29, 0.717) is 0 Å². The Kier molecular flexibility index (Phi) is 4.92. The Bertz CT molecular complexity index is 374. The molecule has 0 aliphatic heterocycles. The summed E-state index contributed by atoms with van der Waals surface area (Å²) in [5, 5.41) is 3.36. The summed E-state index contributed by atoms with van der Waals surface area (Å²) in [6, 6.07) is 4.97. The van der Waals surface area contributed by atoms with Gasteiger partial charge in [-0.05, 0) is 51.4 Å². The molecule has 0 bridgehead atoms. The summed E-state index contributed by atoms with van der Waals surface area (Å²) in [7, 11) is 1.88. The molecule has 0 heterocycles. The summed E-state index contributed by atoms with van der Waals surface area (Å²) in [6.07, 6.45) is 1.77. The van der Waals surface area contributed by atoms with Gasteiger partial charge >= 0.3 is 0 Å². The molecule has 3 N–H and O–H groups in total. The van der Waals surface area contributed by atoms with E-state index in [1.807, 2.05) is 20.9 Å². The predicted molar refractivity (Wildman–Crippen MR) is 70.7 cm³/mol. The predicted octanol–water partition coefficient (Wildman–Crippen LogP) is 3.26. The van der Waals surface area contributed by atoms with Crippen LogP contribution < -0.4 is 11.1 Å². The Morgan fingerprint density at radius 1 is 1.47 bits per heavy atom. The highest BCUT2D eigenvalue weighted by molar-refractivity contribution is 6.30. The van der Waals surface area contributed by atoms with Crippen LogP contribution in [-0.4, -0.2) is 12.6 Å². The fourth-order valence-electron chi connectivity index (χ4n) is 1.72. The summed E-state index contributed by atoms with van der Waals surface area (Å²) in [5.74, 6) is -0.385. The topological polar surface area (TPSA) is 38.0 Å². The molecular formula is C13H20ClFN2. The SMILES string of the molecule is CNC(CCC(C)(C)N)c1ccc(F)c(Cl)c1. The summed E-state index contributed by atoms with van der Waals surface area (Å²) in [4.78, 5) is 0. The van der Waals surface area contributed by atoms with Gasteiger partial charge in [-0.25, -0.2) is 4.39 Å². The van der Waals surface area contributed by atoms with Crippen molar-refractivity contribution in [2.24, 2.45) is 5.73 Å². The Morgan fingerprint density at radius 2 is 2.12 bits per heavy atom. The minimum absolute atomic E-state index is 0.149. The maximum Gasteiger partial charge on any atom is 0.141 e. The van der Waals surface area contributed by atoms with Crippen molar-refractivity contribution in [1.82, 2.24) is 5.32 Å². The van der Waals surface area contributed by atoms with Gasteiger partial charge in [-0.3, -0.25) is 0 Å². The van der Waals surface area contributed by atoms with Crippen LogP contribution in [0.1, 0.15) is 38.3 Å². The van der Waals surface area contributed by atoms with Gasteiger partial charge in [0, 0.05) is 11.6 Å². The molecule has 0 radical (unpaired) electrons. The highest BCUT2D eigenvalue weighted by atomic mass is 35.5. The van der Waals surface area contributed by atoms with Gasteiger partial charge in [0.1, 0.15) is 5.82 Å². The van der Waals surface area contributed by atoms with Crippen molar-refractivity contribution < 1.29 is 4.39 Å². The Labute approximate surface area is 107 Å². The minimum Gasteiger partial charge on any atom is -0.326 e. The number of benzene rings is 1. The molecule has 0 aromatic heterocycles. The lowest BCUT2D eigenvalue weighted by molar-refractivity contribution is 0.411. The second kappa shape index (κ2) is 5.80. The van der Waals surface area contributed by atoms with E-state index < -0.39 is 0 Å². The first-order valence-electron chi connectivity index (χ1n) is 5.74. The summed E-state index contributed by atoms with van der Waals surface area (Å²) in [5.41, 5.74) is 6.75. The highest BCUT2D eigenvalue weighted by Gasteiger charge is 2.16. The molecule has 1 unspecified atom stereocenters. The number of nitrogens with two attached hydrogens (primary N) is 1. The molecule has 0 fully saturated rings. The van der Waals surface area contributed by atoms with Crippen molar-refractivity contribution in [2.75, 3.05) is 7.05 Å². The highest BCUT2D eigenvalue weighted by Crippen LogP contribution is 2.25. The van der Waals surface area contributed by atoms with Crippen molar-refractivity contribution in [2.45, 2.75) is 38.3 Å². The number of rotatable bonds is 5. The van der Waals surface area contributed by atoms with E-state index in [-0.39, 0.29) is 22.4 Å². The van der Waals surface area contributed by atoms with Crippen LogP contribution in [0.25, 0.3) is 0 Å². The third kappa shape index (κ3) is 4.62. The van der Waals surface area contributed by atoms with Gasteiger partial charge in [0.2, 0.25) is 0 Å². The lowest BCUT2D eigenvalue weighted by Crippen LogP contribution is -2.33. The summed E-state index contributed by atoms with van der Waals surface area (Å²) < 4.78 is 13.1. The normalized spacial score (nSPS) is 13.8. The fourth-order valence-corrected chi connectivity index (χ4v) is 1.91. The second-order valence-corrected chi connectivity index (χ2v) is 5.45. The van der Waals surface area contributed by atoms with E-state index in [1.165, 1.54) is 6.07 Å². The first kappa shape index (κ1) is 14.4. The van der Waals surface area contributed by atoms with E-state index >= 15 is 0 Å². The zero-order valence-corrected chi connectivity index (χ0v) is 11.3. The van der Waals surface area contributed by atoms with Crippen molar-refractivity contribution >= 4 is 11.6 Å². The van der Waals surface area contributed by atoms with Gasteiger partial charge in [-0.15, -0.1) is 0 Å². The Balaban J connectivity index is 2.76. The first-order valence-corrected chi connectivity index (χ1v) is 6.12. The van der Waals surface area contributed by atoms with E-state index in [0.717, 1.165) is 18.4 Å². The van der Waals surface area contributed by atoms with Crippen LogP contribution >= 0.6 is 11.6 Å². The van der Waals surface area contributed by atoms with Gasteiger partial charge in [0.25, 0.3) is 0 Å². The molecule has 1 aromatic rings. The molecule has 1 aromatic carbocycles. The second-order valence-electron chi connectivity index (χ2n) is 5.04. The first-order chi connectivity index (χ1) is 7.83. The van der Waals surface area contributed by atoms with Crippen molar-refractivity contribution in [1.29, 1.82) is 0 Å². The molecule has 0 saturated carbocycles. The molecule has 1 atom stereocenters. The number of halogens is 2. The average molecular weight is 259 g/mol. The zero-order valence-electron chi connectivity index (χ0n) is 10.6. The smallest absolute Gasteiger partial charge is 0.141 e. The molecule has 17 heavy (non-hydrogen) atoms. The van der Waals surface area contributed by atoms with Crippen LogP contribution in [0.4, 0.5) is 4.39 Å². The van der Waals surface area contributed by atoms with Gasteiger partial charge in [0.05, 0.1) is 5.02 Å². The fraction of sp³-hybridized carbons (Fsp3) is 0.538. The van der Waals surface area contributed by atoms with Gasteiger partial charge in [-0.1, -0.05) is 17.7 Å². The molecule has 96 valence electrons. The third-order valence-corrected chi connectivity index (χ3v) is 3.06. The zero-order chi connectivity index (χ0) is 13.1. The van der Waals surface area contributed by atoms with Crippen LogP contribution in [0.5, 0.6) is 0 Å². The number of nitrogens with one attached hydrogen (secondary N) is 1. The summed E-state index contributed by atoms with van der Waals surface area (Å²) >= 11 is 5.78. The maximum atomic E-state index is 13.1. The van der Waals surface area contributed by atoms with Gasteiger partial charge in [0.15, 0.2) is 0 Å². The monoisotopic (exact) mass is 258 g/mol. The largest absolute Gasteiger partial charge is 0.326 e.